The van der Waals surface area contributed by atoms with E-state index >= 15 is 0 Å². The van der Waals surface area contributed by atoms with Crippen molar-refractivity contribution in [1.82, 2.24) is 15.5 Å². The lowest BCUT2D eigenvalue weighted by atomic mass is 10.2. The second kappa shape index (κ2) is 7.56. The highest BCUT2D eigenvalue weighted by Gasteiger charge is 2.09. The zero-order valence-corrected chi connectivity index (χ0v) is 11.3. The molecule has 1 unspecified atom stereocenters. The maximum Gasteiger partial charge on any atom is 0.105 e. The molecule has 102 valence electrons. The first kappa shape index (κ1) is 13.6. The van der Waals surface area contributed by atoms with Crippen molar-refractivity contribution in [3.05, 3.63) is 24.2 Å². The smallest absolute Gasteiger partial charge is 0.105 e. The molecule has 0 amide bonds. The molecule has 1 fully saturated rings. The normalized spacial score (nSPS) is 19.6. The van der Waals surface area contributed by atoms with Crippen molar-refractivity contribution in [2.45, 2.75) is 25.8 Å². The summed E-state index contributed by atoms with van der Waals surface area (Å²) in [7, 11) is 0. The molecule has 1 aromatic heterocycles. The number of hydrogen-bond acceptors (Lipinski definition) is 4. The third-order valence-corrected chi connectivity index (χ3v) is 3.44. The minimum Gasteiger partial charge on any atom is -0.469 e. The maximum atomic E-state index is 5.36. The number of furan rings is 1. The molecule has 1 atom stereocenters. The molecule has 2 rings (SSSR count). The summed E-state index contributed by atoms with van der Waals surface area (Å²) in [5.74, 6) is 1.06. The molecular formula is C14H25N3O. The van der Waals surface area contributed by atoms with Gasteiger partial charge in [-0.1, -0.05) is 0 Å². The van der Waals surface area contributed by atoms with Gasteiger partial charge in [-0.05, 0) is 38.6 Å². The Morgan fingerprint density at radius 2 is 2.39 bits per heavy atom. The van der Waals surface area contributed by atoms with Crippen molar-refractivity contribution in [1.29, 1.82) is 0 Å². The third kappa shape index (κ3) is 4.80. The highest BCUT2D eigenvalue weighted by atomic mass is 16.3. The van der Waals surface area contributed by atoms with Crippen LogP contribution in [-0.2, 0) is 6.42 Å². The van der Waals surface area contributed by atoms with Crippen molar-refractivity contribution < 1.29 is 4.42 Å². The van der Waals surface area contributed by atoms with Crippen molar-refractivity contribution in [3.8, 4) is 0 Å². The zero-order chi connectivity index (χ0) is 12.6. The number of rotatable bonds is 6. The van der Waals surface area contributed by atoms with Gasteiger partial charge in [0.1, 0.15) is 5.76 Å². The quantitative estimate of drug-likeness (QED) is 0.794. The first-order chi connectivity index (χ1) is 8.84. The SMILES string of the molecule is CC(Cc1ccco1)NCCN1CCCNCC1. The Bertz CT molecular complexity index is 305. The third-order valence-electron chi connectivity index (χ3n) is 3.44. The Labute approximate surface area is 110 Å². The molecule has 1 saturated heterocycles. The van der Waals surface area contributed by atoms with Crippen LogP contribution in [0.25, 0.3) is 0 Å². The predicted octanol–water partition coefficient (Wildman–Crippen LogP) is 1.10. The van der Waals surface area contributed by atoms with Gasteiger partial charge in [-0.2, -0.15) is 0 Å². The first-order valence-corrected chi connectivity index (χ1v) is 7.03. The van der Waals surface area contributed by atoms with Crippen LogP contribution in [0.15, 0.2) is 22.8 Å². The van der Waals surface area contributed by atoms with Gasteiger partial charge >= 0.3 is 0 Å². The van der Waals surface area contributed by atoms with E-state index in [1.807, 2.05) is 12.1 Å². The summed E-state index contributed by atoms with van der Waals surface area (Å²) in [6, 6.07) is 4.46. The predicted molar refractivity (Wildman–Crippen MR) is 73.8 cm³/mol. The lowest BCUT2D eigenvalue weighted by molar-refractivity contribution is 0.286. The summed E-state index contributed by atoms with van der Waals surface area (Å²) in [5, 5.41) is 7.00. The molecule has 2 heterocycles. The molecule has 1 aliphatic rings. The molecule has 0 saturated carbocycles. The van der Waals surface area contributed by atoms with E-state index in [1.165, 1.54) is 26.1 Å². The summed E-state index contributed by atoms with van der Waals surface area (Å²) in [6.45, 7) is 9.11. The molecule has 2 N–H and O–H groups in total. The average Bonchev–Trinajstić information content (AvgIpc) is 2.72. The molecule has 4 nitrogen and oxygen atoms in total. The fraction of sp³-hybridized carbons (Fsp3) is 0.714. The van der Waals surface area contributed by atoms with Gasteiger partial charge in [0.2, 0.25) is 0 Å². The van der Waals surface area contributed by atoms with Crippen LogP contribution in [0.5, 0.6) is 0 Å². The standard InChI is InChI=1S/C14H25N3O/c1-13(12-14-4-2-11-18-14)16-7-10-17-8-3-5-15-6-9-17/h2,4,11,13,15-16H,3,5-10,12H2,1H3. The Morgan fingerprint density at radius 3 is 3.22 bits per heavy atom. The van der Waals surface area contributed by atoms with Crippen molar-refractivity contribution in [2.75, 3.05) is 39.3 Å². The van der Waals surface area contributed by atoms with Gasteiger partial charge in [-0.3, -0.25) is 0 Å². The van der Waals surface area contributed by atoms with Crippen molar-refractivity contribution in [3.63, 3.8) is 0 Å². The maximum absolute atomic E-state index is 5.36. The summed E-state index contributed by atoms with van der Waals surface area (Å²) < 4.78 is 5.36. The summed E-state index contributed by atoms with van der Waals surface area (Å²) in [6.07, 6.45) is 3.97. The molecule has 0 radical (unpaired) electrons. The van der Waals surface area contributed by atoms with Gasteiger partial charge in [0.25, 0.3) is 0 Å². The van der Waals surface area contributed by atoms with Crippen LogP contribution in [0.2, 0.25) is 0 Å². The van der Waals surface area contributed by atoms with E-state index in [2.05, 4.69) is 22.5 Å². The molecule has 1 aliphatic heterocycles. The molecule has 1 aromatic rings. The lowest BCUT2D eigenvalue weighted by Gasteiger charge is -2.21. The van der Waals surface area contributed by atoms with Crippen LogP contribution in [-0.4, -0.2) is 50.2 Å². The van der Waals surface area contributed by atoms with Crippen molar-refractivity contribution >= 4 is 0 Å². The van der Waals surface area contributed by atoms with Crippen LogP contribution < -0.4 is 10.6 Å². The van der Waals surface area contributed by atoms with E-state index in [1.54, 1.807) is 6.26 Å². The molecule has 4 heteroatoms. The Kier molecular flexibility index (Phi) is 5.71. The Hall–Kier alpha value is -0.840. The van der Waals surface area contributed by atoms with E-state index in [-0.39, 0.29) is 0 Å². The van der Waals surface area contributed by atoms with E-state index < -0.39 is 0 Å². The zero-order valence-electron chi connectivity index (χ0n) is 11.3. The fourth-order valence-electron chi connectivity index (χ4n) is 2.40. The van der Waals surface area contributed by atoms with Crippen LogP contribution >= 0.6 is 0 Å². The molecular weight excluding hydrogens is 226 g/mol. The van der Waals surface area contributed by atoms with Gasteiger partial charge in [0.05, 0.1) is 6.26 Å². The summed E-state index contributed by atoms with van der Waals surface area (Å²) >= 11 is 0. The number of hydrogen-bond donors (Lipinski definition) is 2. The fourth-order valence-corrected chi connectivity index (χ4v) is 2.40. The second-order valence-corrected chi connectivity index (χ2v) is 5.08. The largest absolute Gasteiger partial charge is 0.469 e. The Balaban J connectivity index is 1.59. The van der Waals surface area contributed by atoms with Gasteiger partial charge in [0, 0.05) is 38.6 Å². The summed E-state index contributed by atoms with van der Waals surface area (Å²) in [4.78, 5) is 2.53. The van der Waals surface area contributed by atoms with E-state index in [9.17, 15) is 0 Å². The number of nitrogens with zero attached hydrogens (tertiary/aromatic N) is 1. The van der Waals surface area contributed by atoms with E-state index in [4.69, 9.17) is 4.42 Å². The summed E-state index contributed by atoms with van der Waals surface area (Å²) in [5.41, 5.74) is 0. The Morgan fingerprint density at radius 1 is 1.44 bits per heavy atom. The molecule has 0 aromatic carbocycles. The van der Waals surface area contributed by atoms with Gasteiger partial charge < -0.3 is 20.0 Å². The highest BCUT2D eigenvalue weighted by molar-refractivity contribution is 4.99. The monoisotopic (exact) mass is 251 g/mol. The molecule has 18 heavy (non-hydrogen) atoms. The van der Waals surface area contributed by atoms with E-state index in [0.717, 1.165) is 31.8 Å². The van der Waals surface area contributed by atoms with Crippen LogP contribution in [0.3, 0.4) is 0 Å². The first-order valence-electron chi connectivity index (χ1n) is 7.03. The number of nitrogens with one attached hydrogen (secondary N) is 2. The van der Waals surface area contributed by atoms with Crippen LogP contribution in [0, 0.1) is 0 Å². The van der Waals surface area contributed by atoms with E-state index in [0.29, 0.717) is 6.04 Å². The average molecular weight is 251 g/mol. The van der Waals surface area contributed by atoms with Gasteiger partial charge in [0.15, 0.2) is 0 Å². The van der Waals surface area contributed by atoms with Crippen LogP contribution in [0.1, 0.15) is 19.1 Å². The lowest BCUT2D eigenvalue weighted by Crippen LogP contribution is -2.38. The minimum atomic E-state index is 0.473. The van der Waals surface area contributed by atoms with Gasteiger partial charge in [-0.15, -0.1) is 0 Å². The molecule has 0 bridgehead atoms. The second-order valence-electron chi connectivity index (χ2n) is 5.08. The van der Waals surface area contributed by atoms with Crippen LogP contribution in [0.4, 0.5) is 0 Å². The van der Waals surface area contributed by atoms with Crippen molar-refractivity contribution in [2.24, 2.45) is 0 Å². The topological polar surface area (TPSA) is 40.4 Å². The highest BCUT2D eigenvalue weighted by Crippen LogP contribution is 2.03. The minimum absolute atomic E-state index is 0.473. The van der Waals surface area contributed by atoms with Gasteiger partial charge in [-0.25, -0.2) is 0 Å². The molecule has 0 aliphatic carbocycles. The molecule has 0 spiro atoms.